The van der Waals surface area contributed by atoms with Crippen molar-refractivity contribution in [1.29, 1.82) is 0 Å². The Morgan fingerprint density at radius 3 is 1.09 bits per heavy atom. The Kier molecular flexibility index (Phi) is 2.71. The van der Waals surface area contributed by atoms with E-state index in [1.54, 1.807) is 0 Å². The van der Waals surface area contributed by atoms with Gasteiger partial charge in [-0.2, -0.15) is 0 Å². The maximum absolute atomic E-state index is 2.12. The lowest BCUT2D eigenvalue weighted by atomic mass is 10.1. The molecule has 3 radical (unpaired) electrons. The zero-order valence-corrected chi connectivity index (χ0v) is 7.35. The van der Waals surface area contributed by atoms with E-state index in [0.29, 0.717) is 0 Å². The summed E-state index contributed by atoms with van der Waals surface area (Å²) in [6.07, 6.45) is 0. The van der Waals surface area contributed by atoms with Crippen molar-refractivity contribution in [1.82, 2.24) is 0 Å². The van der Waals surface area contributed by atoms with E-state index in [0.717, 1.165) is 0 Å². The monoisotopic (exact) mass is 155 g/mol. The molecule has 0 unspecified atom stereocenters. The van der Waals surface area contributed by atoms with Crippen molar-refractivity contribution in [2.45, 2.75) is 0 Å². The number of benzene rings is 2. The third-order valence-electron chi connectivity index (χ3n) is 1.66. The standard InChI is InChI=1S/C10H8.Al/c1-2-6-10-8-4-3-7-9(10)5-1;/h1-8H;. The van der Waals surface area contributed by atoms with Crippen molar-refractivity contribution in [3.05, 3.63) is 48.5 Å². The molecule has 0 saturated heterocycles. The molecular weight excluding hydrogens is 147 g/mol. The van der Waals surface area contributed by atoms with Gasteiger partial charge in [-0.05, 0) is 10.8 Å². The van der Waals surface area contributed by atoms with Crippen LogP contribution in [0, 0.1) is 0 Å². The smallest absolute Gasteiger partial charge is 0 e. The van der Waals surface area contributed by atoms with Gasteiger partial charge in [-0.1, -0.05) is 48.5 Å². The van der Waals surface area contributed by atoms with Crippen LogP contribution in [-0.2, 0) is 0 Å². The van der Waals surface area contributed by atoms with Crippen LogP contribution in [0.4, 0.5) is 0 Å². The number of rotatable bonds is 0. The van der Waals surface area contributed by atoms with Gasteiger partial charge in [0.1, 0.15) is 0 Å². The van der Waals surface area contributed by atoms with Gasteiger partial charge in [0.05, 0.1) is 0 Å². The van der Waals surface area contributed by atoms with Gasteiger partial charge in [-0.3, -0.25) is 0 Å². The molecule has 0 heterocycles. The Hall–Kier alpha value is -0.768. The fourth-order valence-electron chi connectivity index (χ4n) is 1.13. The molecule has 0 spiro atoms. The summed E-state index contributed by atoms with van der Waals surface area (Å²) < 4.78 is 0. The quantitative estimate of drug-likeness (QED) is 0.512. The van der Waals surface area contributed by atoms with E-state index in [1.165, 1.54) is 10.8 Å². The maximum atomic E-state index is 2.12. The van der Waals surface area contributed by atoms with E-state index in [4.69, 9.17) is 0 Å². The molecule has 2 rings (SSSR count). The predicted molar refractivity (Wildman–Crippen MR) is 49.7 cm³/mol. The van der Waals surface area contributed by atoms with Crippen molar-refractivity contribution >= 4 is 28.1 Å². The topological polar surface area (TPSA) is 0 Å². The molecule has 0 aliphatic carbocycles. The lowest BCUT2D eigenvalue weighted by molar-refractivity contribution is 1.75. The predicted octanol–water partition coefficient (Wildman–Crippen LogP) is 2.46. The minimum atomic E-state index is 0. The second kappa shape index (κ2) is 3.57. The SMILES string of the molecule is [Al].c1ccc2ccccc2c1. The number of hydrogen-bond donors (Lipinski definition) is 0. The molecule has 0 N–H and O–H groups in total. The molecule has 11 heavy (non-hydrogen) atoms. The van der Waals surface area contributed by atoms with Gasteiger partial charge < -0.3 is 0 Å². The molecule has 1 heteroatoms. The number of hydrogen-bond acceptors (Lipinski definition) is 0. The highest BCUT2D eigenvalue weighted by molar-refractivity contribution is 5.81. The van der Waals surface area contributed by atoms with Crippen LogP contribution in [0.5, 0.6) is 0 Å². The molecule has 0 aliphatic heterocycles. The van der Waals surface area contributed by atoms with E-state index in [9.17, 15) is 0 Å². The highest BCUT2D eigenvalue weighted by Crippen LogP contribution is 2.11. The van der Waals surface area contributed by atoms with Crippen molar-refractivity contribution in [2.24, 2.45) is 0 Å². The minimum Gasteiger partial charge on any atom is -0.0616 e. The van der Waals surface area contributed by atoms with Gasteiger partial charge in [0.2, 0.25) is 0 Å². The molecule has 0 atom stereocenters. The Morgan fingerprint density at radius 1 is 0.545 bits per heavy atom. The first-order valence-corrected chi connectivity index (χ1v) is 3.40. The molecule has 0 saturated carbocycles. The highest BCUT2D eigenvalue weighted by Gasteiger charge is 1.85. The summed E-state index contributed by atoms with van der Waals surface area (Å²) in [5.41, 5.74) is 0. The lowest BCUT2D eigenvalue weighted by Crippen LogP contribution is -1.67. The fourth-order valence-corrected chi connectivity index (χ4v) is 1.13. The van der Waals surface area contributed by atoms with E-state index < -0.39 is 0 Å². The lowest BCUT2D eigenvalue weighted by Gasteiger charge is -1.92. The fraction of sp³-hybridized carbons (Fsp3) is 0. The summed E-state index contributed by atoms with van der Waals surface area (Å²) in [6.45, 7) is 0. The molecule has 0 nitrogen and oxygen atoms in total. The normalized spacial score (nSPS) is 9.09. The summed E-state index contributed by atoms with van der Waals surface area (Å²) >= 11 is 0. The average Bonchev–Trinajstić information content (AvgIpc) is 2.05. The molecule has 51 valence electrons. The molecule has 2 aromatic carbocycles. The van der Waals surface area contributed by atoms with Crippen LogP contribution in [0.25, 0.3) is 10.8 Å². The van der Waals surface area contributed by atoms with Gasteiger partial charge in [0.25, 0.3) is 0 Å². The third kappa shape index (κ3) is 1.63. The zero-order valence-electron chi connectivity index (χ0n) is 6.20. The number of fused-ring (bicyclic) bond motifs is 1. The summed E-state index contributed by atoms with van der Waals surface area (Å²) in [6, 6.07) is 16.7. The summed E-state index contributed by atoms with van der Waals surface area (Å²) in [7, 11) is 0. The van der Waals surface area contributed by atoms with Crippen LogP contribution >= 0.6 is 0 Å². The molecule has 2 aromatic rings. The molecule has 0 bridgehead atoms. The van der Waals surface area contributed by atoms with Gasteiger partial charge in [-0.25, -0.2) is 0 Å². The second-order valence-corrected chi connectivity index (χ2v) is 2.35. The molecule has 0 aliphatic rings. The van der Waals surface area contributed by atoms with Crippen LogP contribution in [0.2, 0.25) is 0 Å². The summed E-state index contributed by atoms with van der Waals surface area (Å²) in [5, 5.41) is 2.62. The van der Waals surface area contributed by atoms with Gasteiger partial charge in [0.15, 0.2) is 0 Å². The van der Waals surface area contributed by atoms with Gasteiger partial charge >= 0.3 is 0 Å². The Bertz CT molecular complexity index is 276. The van der Waals surface area contributed by atoms with Crippen LogP contribution in [0.15, 0.2) is 48.5 Å². The Labute approximate surface area is 77.0 Å². The van der Waals surface area contributed by atoms with Gasteiger partial charge in [0, 0.05) is 17.4 Å². The Balaban J connectivity index is 0.000000605. The summed E-state index contributed by atoms with van der Waals surface area (Å²) in [4.78, 5) is 0. The molecule has 0 amide bonds. The van der Waals surface area contributed by atoms with E-state index in [-0.39, 0.29) is 17.4 Å². The first-order chi connectivity index (χ1) is 4.97. The van der Waals surface area contributed by atoms with E-state index >= 15 is 0 Å². The van der Waals surface area contributed by atoms with Crippen molar-refractivity contribution in [2.75, 3.05) is 0 Å². The largest absolute Gasteiger partial charge is 0.0616 e. The first-order valence-electron chi connectivity index (χ1n) is 3.40. The van der Waals surface area contributed by atoms with Crippen molar-refractivity contribution in [3.8, 4) is 0 Å². The maximum Gasteiger partial charge on any atom is 0 e. The first kappa shape index (κ1) is 8.33. The van der Waals surface area contributed by atoms with Crippen LogP contribution in [0.1, 0.15) is 0 Å². The zero-order chi connectivity index (χ0) is 6.81. The van der Waals surface area contributed by atoms with Gasteiger partial charge in [-0.15, -0.1) is 0 Å². The second-order valence-electron chi connectivity index (χ2n) is 2.35. The Morgan fingerprint density at radius 2 is 0.818 bits per heavy atom. The minimum absolute atomic E-state index is 0. The van der Waals surface area contributed by atoms with Crippen LogP contribution in [0.3, 0.4) is 0 Å². The van der Waals surface area contributed by atoms with Crippen LogP contribution in [-0.4, -0.2) is 17.4 Å². The molecular formula is C10H8Al. The van der Waals surface area contributed by atoms with Crippen molar-refractivity contribution < 1.29 is 0 Å². The average molecular weight is 155 g/mol. The molecule has 0 aromatic heterocycles. The van der Waals surface area contributed by atoms with E-state index in [2.05, 4.69) is 48.5 Å². The summed E-state index contributed by atoms with van der Waals surface area (Å²) in [5.74, 6) is 0. The molecule has 0 fully saturated rings. The third-order valence-corrected chi connectivity index (χ3v) is 1.66. The van der Waals surface area contributed by atoms with Crippen molar-refractivity contribution in [3.63, 3.8) is 0 Å². The highest BCUT2D eigenvalue weighted by atomic mass is 27.0. The van der Waals surface area contributed by atoms with E-state index in [1.807, 2.05) is 0 Å². The van der Waals surface area contributed by atoms with Crippen LogP contribution < -0.4 is 0 Å².